The van der Waals surface area contributed by atoms with Crippen molar-refractivity contribution in [3.05, 3.63) is 38.3 Å². The zero-order chi connectivity index (χ0) is 11.4. The number of carbonyl (C=O) groups excluding carboxylic acids is 1. The Morgan fingerprint density at radius 3 is 2.80 bits per heavy atom. The van der Waals surface area contributed by atoms with Crippen molar-refractivity contribution in [1.29, 1.82) is 0 Å². The predicted molar refractivity (Wildman–Crippen MR) is 59.4 cm³/mol. The SMILES string of the molecule is Cc1ccc(NC(=O)C[N+](=O)[O-])c(Br)c1. The summed E-state index contributed by atoms with van der Waals surface area (Å²) >= 11 is 3.26. The van der Waals surface area contributed by atoms with Crippen LogP contribution < -0.4 is 5.32 Å². The van der Waals surface area contributed by atoms with Crippen molar-refractivity contribution in [2.45, 2.75) is 6.92 Å². The molecule has 1 aromatic rings. The number of anilines is 1. The fraction of sp³-hybridized carbons (Fsp3) is 0.222. The van der Waals surface area contributed by atoms with Gasteiger partial charge in [0.25, 0.3) is 12.5 Å². The minimum Gasteiger partial charge on any atom is -0.319 e. The molecule has 5 nitrogen and oxygen atoms in total. The highest BCUT2D eigenvalue weighted by Gasteiger charge is 2.10. The summed E-state index contributed by atoms with van der Waals surface area (Å²) in [7, 11) is 0. The molecule has 0 aromatic heterocycles. The Morgan fingerprint density at radius 2 is 2.27 bits per heavy atom. The summed E-state index contributed by atoms with van der Waals surface area (Å²) in [5.74, 6) is -0.635. The lowest BCUT2D eigenvalue weighted by molar-refractivity contribution is -0.467. The van der Waals surface area contributed by atoms with Crippen LogP contribution in [0.4, 0.5) is 5.69 Å². The van der Waals surface area contributed by atoms with Gasteiger partial charge >= 0.3 is 0 Å². The maximum absolute atomic E-state index is 11.1. The molecule has 0 unspecified atom stereocenters. The van der Waals surface area contributed by atoms with Gasteiger partial charge in [-0.2, -0.15) is 0 Å². The fourth-order valence-corrected chi connectivity index (χ4v) is 1.62. The lowest BCUT2D eigenvalue weighted by atomic mass is 10.2. The van der Waals surface area contributed by atoms with Gasteiger partial charge < -0.3 is 5.32 Å². The van der Waals surface area contributed by atoms with Gasteiger partial charge in [0, 0.05) is 9.40 Å². The molecule has 15 heavy (non-hydrogen) atoms. The molecule has 0 saturated carbocycles. The van der Waals surface area contributed by atoms with E-state index in [1.165, 1.54) is 0 Å². The summed E-state index contributed by atoms with van der Waals surface area (Å²) in [6.07, 6.45) is 0. The second-order valence-electron chi connectivity index (χ2n) is 3.02. The smallest absolute Gasteiger partial charge is 0.296 e. The number of rotatable bonds is 3. The van der Waals surface area contributed by atoms with Gasteiger partial charge in [0.05, 0.1) is 5.69 Å². The maximum atomic E-state index is 11.1. The largest absolute Gasteiger partial charge is 0.319 e. The Kier molecular flexibility index (Phi) is 3.79. The fourth-order valence-electron chi connectivity index (χ4n) is 1.03. The Labute approximate surface area is 94.8 Å². The Bertz CT molecular complexity index is 406. The van der Waals surface area contributed by atoms with Crippen LogP contribution in [0.5, 0.6) is 0 Å². The van der Waals surface area contributed by atoms with Crippen LogP contribution in [0.3, 0.4) is 0 Å². The number of benzene rings is 1. The van der Waals surface area contributed by atoms with Crippen LogP contribution in [0.2, 0.25) is 0 Å². The number of halogens is 1. The van der Waals surface area contributed by atoms with Gasteiger partial charge in [-0.15, -0.1) is 0 Å². The molecule has 0 spiro atoms. The Balaban J connectivity index is 2.72. The molecule has 1 amide bonds. The molecule has 0 bridgehead atoms. The van der Waals surface area contributed by atoms with E-state index in [1.54, 1.807) is 6.07 Å². The van der Waals surface area contributed by atoms with Crippen LogP contribution in [0.25, 0.3) is 0 Å². The molecule has 0 atom stereocenters. The van der Waals surface area contributed by atoms with Crippen LogP contribution >= 0.6 is 15.9 Å². The minimum atomic E-state index is -0.722. The quantitative estimate of drug-likeness (QED) is 0.676. The molecule has 1 rings (SSSR count). The summed E-state index contributed by atoms with van der Waals surface area (Å²) in [5.41, 5.74) is 1.57. The Morgan fingerprint density at radius 1 is 1.60 bits per heavy atom. The molecular formula is C9H9BrN2O3. The number of nitro groups is 1. The van der Waals surface area contributed by atoms with Crippen LogP contribution in [0, 0.1) is 17.0 Å². The first-order valence-electron chi connectivity index (χ1n) is 4.17. The molecular weight excluding hydrogens is 264 g/mol. The third-order valence-electron chi connectivity index (χ3n) is 1.67. The molecule has 80 valence electrons. The van der Waals surface area contributed by atoms with Crippen LogP contribution in [-0.2, 0) is 4.79 Å². The van der Waals surface area contributed by atoms with E-state index in [0.717, 1.165) is 5.56 Å². The first-order chi connectivity index (χ1) is 6.99. The lowest BCUT2D eigenvalue weighted by Gasteiger charge is -2.05. The van der Waals surface area contributed by atoms with Gasteiger partial charge in [0.2, 0.25) is 0 Å². The second kappa shape index (κ2) is 4.88. The number of hydrogen-bond acceptors (Lipinski definition) is 3. The molecule has 0 radical (unpaired) electrons. The molecule has 1 aromatic carbocycles. The van der Waals surface area contributed by atoms with Gasteiger partial charge in [0.15, 0.2) is 0 Å². The average Bonchev–Trinajstić information content (AvgIpc) is 2.08. The van der Waals surface area contributed by atoms with Gasteiger partial charge in [0.1, 0.15) is 0 Å². The maximum Gasteiger partial charge on any atom is 0.296 e. The molecule has 0 aliphatic heterocycles. The topological polar surface area (TPSA) is 72.2 Å². The number of aryl methyl sites for hydroxylation is 1. The highest BCUT2D eigenvalue weighted by atomic mass is 79.9. The van der Waals surface area contributed by atoms with Crippen molar-refractivity contribution in [3.63, 3.8) is 0 Å². The van der Waals surface area contributed by atoms with Gasteiger partial charge in [-0.25, -0.2) is 0 Å². The van der Waals surface area contributed by atoms with E-state index in [0.29, 0.717) is 10.2 Å². The van der Waals surface area contributed by atoms with Crippen molar-refractivity contribution in [2.24, 2.45) is 0 Å². The van der Waals surface area contributed by atoms with Crippen molar-refractivity contribution in [3.8, 4) is 0 Å². The van der Waals surface area contributed by atoms with E-state index in [1.807, 2.05) is 19.1 Å². The highest BCUT2D eigenvalue weighted by Crippen LogP contribution is 2.23. The zero-order valence-electron chi connectivity index (χ0n) is 7.99. The number of nitrogens with zero attached hydrogens (tertiary/aromatic N) is 1. The molecule has 0 saturated heterocycles. The zero-order valence-corrected chi connectivity index (χ0v) is 9.58. The first-order valence-corrected chi connectivity index (χ1v) is 4.96. The molecule has 0 aliphatic carbocycles. The van der Waals surface area contributed by atoms with E-state index >= 15 is 0 Å². The van der Waals surface area contributed by atoms with Crippen LogP contribution in [0.15, 0.2) is 22.7 Å². The molecule has 0 fully saturated rings. The lowest BCUT2D eigenvalue weighted by Crippen LogP contribution is -2.21. The summed E-state index contributed by atoms with van der Waals surface area (Å²) in [6, 6.07) is 5.32. The van der Waals surface area contributed by atoms with Crippen molar-refractivity contribution < 1.29 is 9.72 Å². The molecule has 0 aliphatic rings. The Hall–Kier alpha value is -1.43. The van der Waals surface area contributed by atoms with Crippen LogP contribution in [-0.4, -0.2) is 17.4 Å². The van der Waals surface area contributed by atoms with Gasteiger partial charge in [-0.05, 0) is 40.5 Å². The molecule has 6 heteroatoms. The second-order valence-corrected chi connectivity index (χ2v) is 3.88. The van der Waals surface area contributed by atoms with Crippen molar-refractivity contribution in [2.75, 3.05) is 11.9 Å². The van der Waals surface area contributed by atoms with E-state index in [2.05, 4.69) is 21.2 Å². The monoisotopic (exact) mass is 272 g/mol. The average molecular weight is 273 g/mol. The minimum absolute atomic E-state index is 0.535. The van der Waals surface area contributed by atoms with Gasteiger partial charge in [-0.1, -0.05) is 6.07 Å². The predicted octanol–water partition coefficient (Wildman–Crippen LogP) is 1.97. The number of nitrogens with one attached hydrogen (secondary N) is 1. The number of amides is 1. The van der Waals surface area contributed by atoms with E-state index in [4.69, 9.17) is 0 Å². The van der Waals surface area contributed by atoms with E-state index in [9.17, 15) is 14.9 Å². The van der Waals surface area contributed by atoms with Crippen molar-refractivity contribution >= 4 is 27.5 Å². The number of hydrogen-bond donors (Lipinski definition) is 1. The van der Waals surface area contributed by atoms with E-state index < -0.39 is 17.4 Å². The van der Waals surface area contributed by atoms with Gasteiger partial charge in [-0.3, -0.25) is 14.9 Å². The summed E-state index contributed by atoms with van der Waals surface area (Å²) in [5, 5.41) is 12.5. The summed E-state index contributed by atoms with van der Waals surface area (Å²) < 4.78 is 0.708. The van der Waals surface area contributed by atoms with Crippen LogP contribution in [0.1, 0.15) is 5.56 Å². The third kappa shape index (κ3) is 3.67. The molecule has 0 heterocycles. The first kappa shape index (κ1) is 11.6. The third-order valence-corrected chi connectivity index (χ3v) is 2.33. The number of carbonyl (C=O) groups is 1. The van der Waals surface area contributed by atoms with E-state index in [-0.39, 0.29) is 0 Å². The summed E-state index contributed by atoms with van der Waals surface area (Å²) in [4.78, 5) is 20.5. The van der Waals surface area contributed by atoms with Crippen molar-refractivity contribution in [1.82, 2.24) is 0 Å². The standard InChI is InChI=1S/C9H9BrN2O3/c1-6-2-3-8(7(10)4-6)11-9(13)5-12(14)15/h2-4H,5H2,1H3,(H,11,13). The normalized spacial score (nSPS) is 9.73. The highest BCUT2D eigenvalue weighted by molar-refractivity contribution is 9.10. The molecule has 1 N–H and O–H groups in total. The summed E-state index contributed by atoms with van der Waals surface area (Å²) in [6.45, 7) is 1.19.